The summed E-state index contributed by atoms with van der Waals surface area (Å²) in [5.74, 6) is 0. The van der Waals surface area contributed by atoms with Gasteiger partial charge in [-0.1, -0.05) is 0 Å². The Labute approximate surface area is 69.6 Å². The lowest BCUT2D eigenvalue weighted by molar-refractivity contribution is -0.742. The van der Waals surface area contributed by atoms with Crippen molar-refractivity contribution in [1.82, 2.24) is 0 Å². The molecule has 0 aromatic carbocycles. The number of hydrogen-bond donors (Lipinski definition) is 2. The summed E-state index contributed by atoms with van der Waals surface area (Å²) >= 11 is 0. The monoisotopic (exact) mass is 216 g/mol. The predicted molar refractivity (Wildman–Crippen MR) is 35.6 cm³/mol. The molecule has 12 N–H and O–H groups in total. The predicted octanol–water partition coefficient (Wildman–Crippen LogP) is -4.82. The Balaban J connectivity index is -0.00000000800. The number of rotatable bonds is 0. The zero-order valence-corrected chi connectivity index (χ0v) is 5.92. The van der Waals surface area contributed by atoms with E-state index in [9.17, 15) is 0 Å². The summed E-state index contributed by atoms with van der Waals surface area (Å²) in [5.41, 5.74) is 0. The highest BCUT2D eigenvalue weighted by molar-refractivity contribution is 3.83. The molecule has 0 spiro atoms. The van der Waals surface area contributed by atoms with E-state index in [2.05, 4.69) is 0 Å². The van der Waals surface area contributed by atoms with Crippen molar-refractivity contribution in [3.63, 3.8) is 0 Å². The third kappa shape index (κ3) is 212. The van der Waals surface area contributed by atoms with Crippen LogP contribution in [-0.4, -0.2) is 48.0 Å². The Bertz CT molecular complexity index is 66.1. The Morgan fingerprint density at radius 2 is 0.692 bits per heavy atom. The first-order chi connectivity index (χ1) is 3.46. The molecule has 0 rings (SSSR count). The molecule has 13 heavy (non-hydrogen) atoms. The van der Waals surface area contributed by atoms with Crippen molar-refractivity contribution in [2.24, 2.45) is 0 Å². The van der Waals surface area contributed by atoms with Crippen LogP contribution in [0.25, 0.3) is 0 Å². The Morgan fingerprint density at radius 3 is 0.692 bits per heavy atom. The maximum atomic E-state index is 8.36. The largest absolute Gasteiger partial charge is 0.412 e. The summed E-state index contributed by atoms with van der Waals surface area (Å²) in [5, 5.41) is 27.3. The topological polar surface area (TPSA) is 284 Å². The average Bonchev–Trinajstić information content (AvgIpc) is 1.25. The van der Waals surface area contributed by atoms with E-state index in [-0.39, 0.29) is 27.4 Å². The van der Waals surface area contributed by atoms with Gasteiger partial charge in [-0.05, 0) is 0 Å². The minimum absolute atomic E-state index is 0. The molecule has 0 aliphatic carbocycles. The summed E-state index contributed by atoms with van der Waals surface area (Å²) in [6.07, 6.45) is 0. The SMILES string of the molecule is O.O.O.O.O.O=[N+]([O-])O.O=[N+]([O-])O. The quantitative estimate of drug-likeness (QED) is 0.295. The average molecular weight is 216 g/mol. The van der Waals surface area contributed by atoms with Crippen LogP contribution in [0.2, 0.25) is 0 Å². The van der Waals surface area contributed by atoms with Gasteiger partial charge in [0.05, 0.1) is 0 Å². The second-order valence-electron chi connectivity index (χ2n) is 0.476. The van der Waals surface area contributed by atoms with Gasteiger partial charge in [-0.25, -0.2) is 0 Å². The normalized spacial score (nSPS) is 3.69. The minimum atomic E-state index is -1.50. The van der Waals surface area contributed by atoms with E-state index in [4.69, 9.17) is 30.6 Å². The van der Waals surface area contributed by atoms with Gasteiger partial charge < -0.3 is 37.8 Å². The third-order valence-electron chi connectivity index (χ3n) is 0. The van der Waals surface area contributed by atoms with E-state index >= 15 is 0 Å². The van der Waals surface area contributed by atoms with Gasteiger partial charge in [0.2, 0.25) is 0 Å². The molecule has 0 aromatic heterocycles. The molecule has 13 nitrogen and oxygen atoms in total. The van der Waals surface area contributed by atoms with Gasteiger partial charge in [-0.2, -0.15) is 0 Å². The van der Waals surface area contributed by atoms with Crippen molar-refractivity contribution in [1.29, 1.82) is 0 Å². The molecule has 0 fully saturated rings. The Morgan fingerprint density at radius 1 is 0.692 bits per heavy atom. The first kappa shape index (κ1) is 66.1. The minimum Gasteiger partial charge on any atom is -0.412 e. The van der Waals surface area contributed by atoms with Crippen LogP contribution in [0.3, 0.4) is 0 Å². The molecule has 0 saturated heterocycles. The van der Waals surface area contributed by atoms with Crippen LogP contribution >= 0.6 is 0 Å². The second kappa shape index (κ2) is 48.9. The lowest BCUT2D eigenvalue weighted by Gasteiger charge is -1.56. The van der Waals surface area contributed by atoms with Crippen molar-refractivity contribution < 1.29 is 48.0 Å². The molecular weight excluding hydrogens is 204 g/mol. The third-order valence-corrected chi connectivity index (χ3v) is 0. The van der Waals surface area contributed by atoms with E-state index in [0.717, 1.165) is 0 Å². The highest BCUT2D eigenvalue weighted by atomic mass is 16.9. The molecule has 0 radical (unpaired) electrons. The summed E-state index contributed by atoms with van der Waals surface area (Å²) in [7, 11) is 0. The molecule has 0 heterocycles. The van der Waals surface area contributed by atoms with Crippen LogP contribution in [0.5, 0.6) is 0 Å². The highest BCUT2D eigenvalue weighted by Gasteiger charge is 1.65. The molecule has 0 aromatic rings. The molecule has 13 heteroatoms. The molecule has 88 valence electrons. The Kier molecular flexibility index (Phi) is 249. The van der Waals surface area contributed by atoms with Crippen LogP contribution in [-0.2, 0) is 0 Å². The van der Waals surface area contributed by atoms with Gasteiger partial charge in [0.15, 0.2) is 0 Å². The zero-order valence-electron chi connectivity index (χ0n) is 5.92. The van der Waals surface area contributed by atoms with Crippen molar-refractivity contribution in [2.45, 2.75) is 0 Å². The van der Waals surface area contributed by atoms with E-state index in [0.29, 0.717) is 0 Å². The summed E-state index contributed by atoms with van der Waals surface area (Å²) in [4.78, 5) is 16.7. The maximum Gasteiger partial charge on any atom is 0.291 e. The lowest BCUT2D eigenvalue weighted by Crippen LogP contribution is -1.81. The molecule has 0 amide bonds. The van der Waals surface area contributed by atoms with Crippen LogP contribution in [0.1, 0.15) is 0 Å². The van der Waals surface area contributed by atoms with Gasteiger partial charge in [-0.3, -0.25) is 0 Å². The molecule has 0 atom stereocenters. The molecule has 0 aliphatic rings. The standard InChI is InChI=1S/2HNO3.5H2O/c2*2-1(3)4;;;;;/h2*(H,2,3,4);5*1H2. The van der Waals surface area contributed by atoms with Crippen molar-refractivity contribution >= 4 is 0 Å². The summed E-state index contributed by atoms with van der Waals surface area (Å²) in [6.45, 7) is 0. The number of hydrogen-bond acceptors (Lipinski definition) is 4. The van der Waals surface area contributed by atoms with Crippen LogP contribution in [0.15, 0.2) is 0 Å². The fraction of sp³-hybridized carbons (Fsp3) is 0. The fourth-order valence-electron chi connectivity index (χ4n) is 0. The lowest BCUT2D eigenvalue weighted by atomic mass is 13.1. The van der Waals surface area contributed by atoms with E-state index in [1.807, 2.05) is 0 Å². The molecule has 0 aliphatic heterocycles. The second-order valence-corrected chi connectivity index (χ2v) is 0.476. The first-order valence-electron chi connectivity index (χ1n) is 1.13. The molecule has 0 unspecified atom stereocenters. The van der Waals surface area contributed by atoms with E-state index in [1.165, 1.54) is 0 Å². The Hall–Kier alpha value is -1.80. The fourth-order valence-corrected chi connectivity index (χ4v) is 0. The smallest absolute Gasteiger partial charge is 0.291 e. The van der Waals surface area contributed by atoms with Crippen molar-refractivity contribution in [3.8, 4) is 0 Å². The van der Waals surface area contributed by atoms with Gasteiger partial charge >= 0.3 is 0 Å². The summed E-state index contributed by atoms with van der Waals surface area (Å²) in [6, 6.07) is 0. The van der Waals surface area contributed by atoms with Gasteiger partial charge in [0, 0.05) is 0 Å². The zero-order chi connectivity index (χ0) is 7.15. The maximum absolute atomic E-state index is 8.36. The van der Waals surface area contributed by atoms with Gasteiger partial charge in [-0.15, -0.1) is 20.2 Å². The summed E-state index contributed by atoms with van der Waals surface area (Å²) < 4.78 is 0. The van der Waals surface area contributed by atoms with Crippen LogP contribution in [0.4, 0.5) is 0 Å². The first-order valence-corrected chi connectivity index (χ1v) is 1.13. The van der Waals surface area contributed by atoms with E-state index in [1.54, 1.807) is 0 Å². The van der Waals surface area contributed by atoms with Gasteiger partial charge in [0.25, 0.3) is 10.2 Å². The van der Waals surface area contributed by atoms with Gasteiger partial charge in [0.1, 0.15) is 0 Å². The molecule has 0 bridgehead atoms. The molecule has 0 saturated carbocycles. The number of nitrogens with zero attached hydrogens (tertiary/aromatic N) is 2. The highest BCUT2D eigenvalue weighted by Crippen LogP contribution is 1.38. The van der Waals surface area contributed by atoms with Crippen LogP contribution in [0, 0.1) is 20.2 Å². The van der Waals surface area contributed by atoms with Crippen LogP contribution < -0.4 is 0 Å². The van der Waals surface area contributed by atoms with Crippen molar-refractivity contribution in [2.75, 3.05) is 0 Å². The van der Waals surface area contributed by atoms with Crippen molar-refractivity contribution in [3.05, 3.63) is 20.2 Å². The molecular formula is H12N2O11. The van der Waals surface area contributed by atoms with E-state index < -0.39 is 10.2 Å².